The van der Waals surface area contributed by atoms with Crippen molar-refractivity contribution in [2.75, 3.05) is 0 Å². The van der Waals surface area contributed by atoms with Crippen molar-refractivity contribution in [1.82, 2.24) is 0 Å². The molecule has 1 aliphatic carbocycles. The minimum Gasteiger partial charge on any atom is -0.358 e. The van der Waals surface area contributed by atoms with Crippen molar-refractivity contribution in [2.24, 2.45) is 0 Å². The van der Waals surface area contributed by atoms with Gasteiger partial charge in [0.25, 0.3) is 0 Å². The molecule has 0 aliphatic heterocycles. The van der Waals surface area contributed by atoms with Crippen molar-refractivity contribution < 1.29 is 25.8 Å². The molecule has 39 heavy (non-hydrogen) atoms. The third-order valence-electron chi connectivity index (χ3n) is 7.03. The fraction of sp³-hybridized carbons (Fsp3) is 0.0857. The van der Waals surface area contributed by atoms with Gasteiger partial charge < -0.3 is 21.8 Å². The van der Waals surface area contributed by atoms with Crippen LogP contribution < -0.4 is 5.19 Å². The van der Waals surface area contributed by atoms with Crippen molar-refractivity contribution >= 4 is 63.4 Å². The van der Waals surface area contributed by atoms with E-state index in [4.69, 9.17) is 0 Å². The number of allylic oxidation sites excluding steroid dienone is 1. The third-order valence-corrected chi connectivity index (χ3v) is 9.45. The molecular formula is C35H30Br2HfSi. The van der Waals surface area contributed by atoms with E-state index in [0.29, 0.717) is 15.4 Å². The van der Waals surface area contributed by atoms with Gasteiger partial charge in [-0.1, -0.05) is 104 Å². The maximum Gasteiger partial charge on any atom is 4.00 e. The first-order valence-corrected chi connectivity index (χ1v) is 14.8. The first-order valence-electron chi connectivity index (χ1n) is 12.2. The van der Waals surface area contributed by atoms with Gasteiger partial charge >= 0.3 is 25.8 Å². The molecule has 0 fully saturated rings. The zero-order chi connectivity index (χ0) is 24.6. The monoisotopic (exact) mass is 816 g/mol. The SMILES string of the molecule is [CH2-]CCC1C([Si]c2cc3c(-c4ccc(Br)cc4)cccc3[cH-]2)=Cc2c(-c3ccc(Br)cc3)cccc21.[CH3-].[CH3-].[Hf+4]. The molecule has 0 saturated carbocycles. The zero-order valence-corrected chi connectivity index (χ0v) is 30.0. The third kappa shape index (κ3) is 6.45. The second-order valence-corrected chi connectivity index (χ2v) is 12.5. The van der Waals surface area contributed by atoms with E-state index in [1.165, 1.54) is 54.5 Å². The summed E-state index contributed by atoms with van der Waals surface area (Å²) in [4.78, 5) is 0. The predicted octanol–water partition coefficient (Wildman–Crippen LogP) is 10.4. The number of benzene rings is 4. The quantitative estimate of drug-likeness (QED) is 0.118. The number of rotatable bonds is 6. The molecule has 192 valence electrons. The molecule has 0 nitrogen and oxygen atoms in total. The van der Waals surface area contributed by atoms with Crippen molar-refractivity contribution in [3.05, 3.63) is 144 Å². The van der Waals surface area contributed by atoms with Crippen LogP contribution in [0.5, 0.6) is 0 Å². The molecule has 0 bridgehead atoms. The summed E-state index contributed by atoms with van der Waals surface area (Å²) in [6.45, 7) is 4.21. The van der Waals surface area contributed by atoms with Gasteiger partial charge in [-0.05, 0) is 58.0 Å². The molecule has 0 heterocycles. The molecule has 0 amide bonds. The van der Waals surface area contributed by atoms with Crippen LogP contribution in [-0.2, 0) is 25.8 Å². The Balaban J connectivity index is 0.00000140. The Morgan fingerprint density at radius 2 is 1.36 bits per heavy atom. The van der Waals surface area contributed by atoms with Gasteiger partial charge in [0.05, 0.1) is 9.52 Å². The topological polar surface area (TPSA) is 0 Å². The van der Waals surface area contributed by atoms with Crippen molar-refractivity contribution in [2.45, 2.75) is 18.8 Å². The van der Waals surface area contributed by atoms with E-state index >= 15 is 0 Å². The normalized spacial score (nSPS) is 13.6. The summed E-state index contributed by atoms with van der Waals surface area (Å²) in [6.07, 6.45) is 4.49. The van der Waals surface area contributed by atoms with E-state index in [9.17, 15) is 0 Å². The molecule has 0 saturated heterocycles. The summed E-state index contributed by atoms with van der Waals surface area (Å²) in [5, 5.41) is 5.59. The van der Waals surface area contributed by atoms with Gasteiger partial charge in [0.1, 0.15) is 0 Å². The molecule has 5 aromatic rings. The molecule has 0 spiro atoms. The number of hydrogen-bond donors (Lipinski definition) is 0. The smallest absolute Gasteiger partial charge is 0.358 e. The first-order chi connectivity index (χ1) is 17.6. The molecule has 4 heteroatoms. The maximum absolute atomic E-state index is 4.21. The van der Waals surface area contributed by atoms with Crippen LogP contribution in [0.25, 0.3) is 39.1 Å². The van der Waals surface area contributed by atoms with Crippen LogP contribution in [-0.4, -0.2) is 9.52 Å². The Kier molecular flexibility index (Phi) is 11.2. The van der Waals surface area contributed by atoms with Crippen LogP contribution in [0.2, 0.25) is 0 Å². The standard InChI is InChI=1S/C33H24Br2Si.2CH3.Hf/c1-2-5-30-29-9-4-8-28(22-12-16-25(35)17-13-22)32(29)20-33(30)36-26-18-23-6-3-7-27(31(23)19-26)21-10-14-24(34)15-11-21;;;/h3-4,6-20,30H,1-2,5H2;2*1H3;/q-2;2*-1;+4. The van der Waals surface area contributed by atoms with Crippen molar-refractivity contribution in [1.29, 1.82) is 0 Å². The van der Waals surface area contributed by atoms with E-state index in [0.717, 1.165) is 21.8 Å². The van der Waals surface area contributed by atoms with Crippen LogP contribution >= 0.6 is 31.9 Å². The van der Waals surface area contributed by atoms with E-state index in [2.05, 4.69) is 142 Å². The first kappa shape index (κ1) is 31.8. The molecular weight excluding hydrogens is 787 g/mol. The number of fused-ring (bicyclic) bond motifs is 2. The molecule has 2 radical (unpaired) electrons. The molecule has 0 N–H and O–H groups in total. The minimum absolute atomic E-state index is 0. The van der Waals surface area contributed by atoms with Gasteiger partial charge in [0.15, 0.2) is 0 Å². The molecule has 1 unspecified atom stereocenters. The largest absolute Gasteiger partial charge is 4.00 e. The van der Waals surface area contributed by atoms with Gasteiger partial charge in [-0.15, -0.1) is 34.2 Å². The predicted molar refractivity (Wildman–Crippen MR) is 176 cm³/mol. The second-order valence-electron chi connectivity index (χ2n) is 9.29. The summed E-state index contributed by atoms with van der Waals surface area (Å²) in [5.74, 6) is 0.440. The summed E-state index contributed by atoms with van der Waals surface area (Å²) in [5.41, 5.74) is 7.97. The maximum atomic E-state index is 4.21. The van der Waals surface area contributed by atoms with E-state index in [1.807, 2.05) is 0 Å². The van der Waals surface area contributed by atoms with Gasteiger partial charge in [0.2, 0.25) is 0 Å². The van der Waals surface area contributed by atoms with Gasteiger partial charge in [-0.25, -0.2) is 0 Å². The fourth-order valence-electron chi connectivity index (χ4n) is 5.35. The van der Waals surface area contributed by atoms with Crippen LogP contribution in [0, 0.1) is 21.8 Å². The van der Waals surface area contributed by atoms with Gasteiger partial charge in [0, 0.05) is 8.95 Å². The molecule has 0 aromatic heterocycles. The Bertz CT molecular complexity index is 1580. The minimum atomic E-state index is 0. The Labute approximate surface area is 272 Å². The van der Waals surface area contributed by atoms with E-state index in [-0.39, 0.29) is 40.7 Å². The summed E-state index contributed by atoms with van der Waals surface area (Å²) in [7, 11) is 0.650. The second kappa shape index (κ2) is 13.8. The number of halogens is 2. The van der Waals surface area contributed by atoms with Crippen molar-refractivity contribution in [3.8, 4) is 22.3 Å². The summed E-state index contributed by atoms with van der Waals surface area (Å²) >= 11 is 7.14. The Morgan fingerprint density at radius 3 is 2.00 bits per heavy atom. The average molecular weight is 817 g/mol. The molecule has 1 aliphatic rings. The van der Waals surface area contributed by atoms with E-state index in [1.54, 1.807) is 0 Å². The van der Waals surface area contributed by atoms with Crippen LogP contribution in [0.4, 0.5) is 0 Å². The zero-order valence-electron chi connectivity index (χ0n) is 22.3. The van der Waals surface area contributed by atoms with Gasteiger partial charge in [-0.2, -0.15) is 12.5 Å². The molecule has 5 aromatic carbocycles. The molecule has 1 atom stereocenters. The summed E-state index contributed by atoms with van der Waals surface area (Å²) in [6, 6.07) is 35.5. The van der Waals surface area contributed by atoms with Crippen LogP contribution in [0.1, 0.15) is 29.9 Å². The Hall–Kier alpha value is -1.72. The fourth-order valence-corrected chi connectivity index (χ4v) is 7.34. The van der Waals surface area contributed by atoms with Crippen LogP contribution in [0.15, 0.2) is 111 Å². The van der Waals surface area contributed by atoms with Crippen molar-refractivity contribution in [3.63, 3.8) is 0 Å². The number of hydrogen-bond acceptors (Lipinski definition) is 0. The Morgan fingerprint density at radius 1 is 0.769 bits per heavy atom. The summed E-state index contributed by atoms with van der Waals surface area (Å²) < 4.78 is 2.21. The van der Waals surface area contributed by atoms with Gasteiger partial charge in [-0.3, -0.25) is 0 Å². The average Bonchev–Trinajstić information content (AvgIpc) is 3.46. The van der Waals surface area contributed by atoms with Crippen LogP contribution in [0.3, 0.4) is 0 Å². The van der Waals surface area contributed by atoms with E-state index < -0.39 is 0 Å². The molecule has 6 rings (SSSR count).